The van der Waals surface area contributed by atoms with Gasteiger partial charge in [0.15, 0.2) is 23.0 Å². The molecule has 3 aromatic carbocycles. The molecule has 0 aliphatic carbocycles. The van der Waals surface area contributed by atoms with E-state index >= 15 is 0 Å². The number of ether oxygens (including phenoxy) is 4. The average molecular weight is 495 g/mol. The highest BCUT2D eigenvalue weighted by Gasteiger charge is 2.13. The molecule has 1 amide bonds. The molecule has 0 atom stereocenters. The molecular formula is C27H27ClN2O5. The normalized spacial score (nSPS) is 10.6. The van der Waals surface area contributed by atoms with E-state index in [0.29, 0.717) is 59.0 Å². The maximum atomic E-state index is 12.6. The van der Waals surface area contributed by atoms with Crippen LogP contribution in [-0.4, -0.2) is 32.4 Å². The van der Waals surface area contributed by atoms with Crippen LogP contribution in [0.5, 0.6) is 23.0 Å². The lowest BCUT2D eigenvalue weighted by molar-refractivity contribution is 0.0954. The van der Waals surface area contributed by atoms with Gasteiger partial charge in [-0.05, 0) is 48.4 Å². The average Bonchev–Trinajstić information content (AvgIpc) is 2.87. The quantitative estimate of drug-likeness (QED) is 0.200. The summed E-state index contributed by atoms with van der Waals surface area (Å²) in [4.78, 5) is 12.6. The van der Waals surface area contributed by atoms with Crippen LogP contribution in [0, 0.1) is 0 Å². The molecule has 8 heteroatoms. The van der Waals surface area contributed by atoms with Crippen molar-refractivity contribution < 1.29 is 23.7 Å². The molecule has 0 radical (unpaired) electrons. The first-order valence-corrected chi connectivity index (χ1v) is 11.3. The predicted molar refractivity (Wildman–Crippen MR) is 137 cm³/mol. The number of nitrogens with zero attached hydrogens (tertiary/aromatic N) is 1. The minimum absolute atomic E-state index is 0.331. The van der Waals surface area contributed by atoms with E-state index in [1.165, 1.54) is 13.3 Å². The molecule has 0 saturated carbocycles. The van der Waals surface area contributed by atoms with Crippen molar-refractivity contribution in [2.45, 2.75) is 13.5 Å². The van der Waals surface area contributed by atoms with Gasteiger partial charge in [-0.15, -0.1) is 0 Å². The highest BCUT2D eigenvalue weighted by molar-refractivity contribution is 6.32. The molecule has 0 aliphatic rings. The molecule has 35 heavy (non-hydrogen) atoms. The van der Waals surface area contributed by atoms with E-state index in [-0.39, 0.29) is 0 Å². The Morgan fingerprint density at radius 2 is 1.83 bits per heavy atom. The minimum Gasteiger partial charge on any atom is -0.493 e. The Kier molecular flexibility index (Phi) is 9.57. The summed E-state index contributed by atoms with van der Waals surface area (Å²) in [5.74, 6) is 1.48. The second-order valence-corrected chi connectivity index (χ2v) is 7.61. The number of carbonyl (C=O) groups excluding carboxylic acids is 1. The van der Waals surface area contributed by atoms with Gasteiger partial charge in [-0.1, -0.05) is 54.6 Å². The van der Waals surface area contributed by atoms with E-state index in [4.69, 9.17) is 30.5 Å². The Bertz CT molecular complexity index is 1180. The molecule has 0 fully saturated rings. The number of halogens is 1. The maximum absolute atomic E-state index is 12.6. The van der Waals surface area contributed by atoms with Crippen LogP contribution in [0.15, 0.2) is 78.4 Å². The second-order valence-electron chi connectivity index (χ2n) is 7.20. The minimum atomic E-state index is -0.404. The van der Waals surface area contributed by atoms with E-state index in [1.54, 1.807) is 36.4 Å². The number of carbonyl (C=O) groups is 1. The van der Waals surface area contributed by atoms with Gasteiger partial charge >= 0.3 is 0 Å². The van der Waals surface area contributed by atoms with Crippen molar-refractivity contribution in [1.29, 1.82) is 0 Å². The number of nitrogens with one attached hydrogen (secondary N) is 1. The zero-order chi connectivity index (χ0) is 25.0. The van der Waals surface area contributed by atoms with Gasteiger partial charge < -0.3 is 18.9 Å². The topological polar surface area (TPSA) is 78.4 Å². The number of benzene rings is 3. The van der Waals surface area contributed by atoms with Crippen LogP contribution in [-0.2, 0) is 6.61 Å². The third-order valence-corrected chi connectivity index (χ3v) is 5.00. The van der Waals surface area contributed by atoms with Gasteiger partial charge in [0, 0.05) is 5.56 Å². The van der Waals surface area contributed by atoms with Crippen LogP contribution < -0.4 is 24.4 Å². The zero-order valence-corrected chi connectivity index (χ0v) is 20.4. The summed E-state index contributed by atoms with van der Waals surface area (Å²) < 4.78 is 22.4. The van der Waals surface area contributed by atoms with Gasteiger partial charge in [0.05, 0.1) is 25.0 Å². The van der Waals surface area contributed by atoms with Crippen molar-refractivity contribution in [3.8, 4) is 23.0 Å². The van der Waals surface area contributed by atoms with E-state index in [2.05, 4.69) is 17.1 Å². The van der Waals surface area contributed by atoms with Crippen LogP contribution in [0.3, 0.4) is 0 Å². The summed E-state index contributed by atoms with van der Waals surface area (Å²) in [6.45, 7) is 6.59. The molecule has 7 nitrogen and oxygen atoms in total. The fourth-order valence-electron chi connectivity index (χ4n) is 3.10. The zero-order valence-electron chi connectivity index (χ0n) is 19.6. The van der Waals surface area contributed by atoms with Crippen LogP contribution >= 0.6 is 11.6 Å². The number of hydrogen-bond donors (Lipinski definition) is 1. The molecule has 1 N–H and O–H groups in total. The Labute approximate surface area is 209 Å². The van der Waals surface area contributed by atoms with Crippen LogP contribution in [0.2, 0.25) is 5.02 Å². The first-order chi connectivity index (χ1) is 17.0. The molecule has 0 saturated heterocycles. The Balaban J connectivity index is 1.68. The van der Waals surface area contributed by atoms with Crippen molar-refractivity contribution in [3.05, 3.63) is 95.0 Å². The number of rotatable bonds is 12. The number of hydrazone groups is 1. The van der Waals surface area contributed by atoms with Crippen molar-refractivity contribution >= 4 is 23.7 Å². The van der Waals surface area contributed by atoms with Crippen LogP contribution in [0.25, 0.3) is 0 Å². The molecule has 0 spiro atoms. The lowest BCUT2D eigenvalue weighted by atomic mass is 10.2. The van der Waals surface area contributed by atoms with Crippen LogP contribution in [0.1, 0.15) is 28.4 Å². The van der Waals surface area contributed by atoms with Crippen molar-refractivity contribution in [3.63, 3.8) is 0 Å². The summed E-state index contributed by atoms with van der Waals surface area (Å²) in [5.41, 5.74) is 4.51. The van der Waals surface area contributed by atoms with Crippen molar-refractivity contribution in [2.24, 2.45) is 5.10 Å². The smallest absolute Gasteiger partial charge is 0.271 e. The standard InChI is InChI=1S/C27H27ClN2O5/c1-4-13-34-23-12-11-21(16-24(23)33-5-2)27(31)30-29-17-20-14-22(28)26(25(15-20)32-3)35-18-19-9-7-6-8-10-19/h4,6-12,14-17H,1,5,13,18H2,2-3H3,(H,30,31)/b29-17+. The van der Waals surface area contributed by atoms with E-state index < -0.39 is 5.91 Å². The van der Waals surface area contributed by atoms with E-state index in [1.807, 2.05) is 37.3 Å². The number of amides is 1. The van der Waals surface area contributed by atoms with Crippen molar-refractivity contribution in [2.75, 3.05) is 20.3 Å². The lowest BCUT2D eigenvalue weighted by Gasteiger charge is -2.13. The van der Waals surface area contributed by atoms with Gasteiger partial charge in [0.2, 0.25) is 0 Å². The number of methoxy groups -OCH3 is 1. The predicted octanol–water partition coefficient (Wildman–Crippen LogP) is 5.66. The van der Waals surface area contributed by atoms with Gasteiger partial charge in [-0.2, -0.15) is 5.10 Å². The molecule has 3 rings (SSSR count). The van der Waals surface area contributed by atoms with E-state index in [0.717, 1.165) is 5.56 Å². The lowest BCUT2D eigenvalue weighted by Crippen LogP contribution is -2.17. The molecule has 0 aliphatic heterocycles. The van der Waals surface area contributed by atoms with Gasteiger partial charge in [0.25, 0.3) is 5.91 Å². The maximum Gasteiger partial charge on any atom is 0.271 e. The molecular weight excluding hydrogens is 468 g/mol. The SMILES string of the molecule is C=CCOc1ccc(C(=O)N/N=C/c2cc(Cl)c(OCc3ccccc3)c(OC)c2)cc1OCC. The molecule has 0 unspecified atom stereocenters. The van der Waals surface area contributed by atoms with Gasteiger partial charge in [0.1, 0.15) is 13.2 Å². The highest BCUT2D eigenvalue weighted by atomic mass is 35.5. The van der Waals surface area contributed by atoms with Gasteiger partial charge in [-0.25, -0.2) is 5.43 Å². The first-order valence-electron chi connectivity index (χ1n) is 10.9. The molecule has 0 aromatic heterocycles. The molecule has 0 bridgehead atoms. The highest BCUT2D eigenvalue weighted by Crippen LogP contribution is 2.36. The second kappa shape index (κ2) is 13.1. The summed E-state index contributed by atoms with van der Waals surface area (Å²) in [6.07, 6.45) is 3.10. The Morgan fingerprint density at radius 3 is 2.54 bits per heavy atom. The Morgan fingerprint density at radius 1 is 1.03 bits per heavy atom. The third kappa shape index (κ3) is 7.25. The third-order valence-electron chi connectivity index (χ3n) is 4.72. The number of hydrogen-bond acceptors (Lipinski definition) is 6. The molecule has 182 valence electrons. The summed E-state index contributed by atoms with van der Waals surface area (Å²) in [6, 6.07) is 18.0. The fourth-order valence-corrected chi connectivity index (χ4v) is 3.37. The Hall–Kier alpha value is -3.97. The monoisotopic (exact) mass is 494 g/mol. The van der Waals surface area contributed by atoms with Crippen LogP contribution in [0.4, 0.5) is 0 Å². The van der Waals surface area contributed by atoms with Gasteiger partial charge in [-0.3, -0.25) is 4.79 Å². The van der Waals surface area contributed by atoms with Crippen molar-refractivity contribution in [1.82, 2.24) is 5.43 Å². The summed E-state index contributed by atoms with van der Waals surface area (Å²) in [7, 11) is 1.53. The summed E-state index contributed by atoms with van der Waals surface area (Å²) >= 11 is 6.43. The largest absolute Gasteiger partial charge is 0.493 e. The van der Waals surface area contributed by atoms with E-state index in [9.17, 15) is 4.79 Å². The molecule has 0 heterocycles. The summed E-state index contributed by atoms with van der Waals surface area (Å²) in [5, 5.41) is 4.41. The fraction of sp³-hybridized carbons (Fsp3) is 0.185. The molecule has 3 aromatic rings. The first kappa shape index (κ1) is 25.6.